The average Bonchev–Trinajstić information content (AvgIpc) is 3.15. The molecule has 0 saturated heterocycles. The summed E-state index contributed by atoms with van der Waals surface area (Å²) >= 11 is 0. The number of benzene rings is 2. The molecule has 3 aromatic rings. The van der Waals surface area contributed by atoms with Crippen molar-refractivity contribution in [1.29, 1.82) is 0 Å². The van der Waals surface area contributed by atoms with E-state index in [0.717, 1.165) is 24.0 Å². The quantitative estimate of drug-likeness (QED) is 0.505. The van der Waals surface area contributed by atoms with Crippen LogP contribution in [0.25, 0.3) is 0 Å². The Bertz CT molecular complexity index is 1160. The summed E-state index contributed by atoms with van der Waals surface area (Å²) in [7, 11) is 0. The van der Waals surface area contributed by atoms with Crippen LogP contribution < -0.4 is 5.73 Å². The van der Waals surface area contributed by atoms with Crippen LogP contribution >= 0.6 is 0 Å². The van der Waals surface area contributed by atoms with Crippen molar-refractivity contribution in [2.75, 3.05) is 13.1 Å². The first-order valence-electron chi connectivity index (χ1n) is 12.3. The number of aromatic nitrogens is 1. The zero-order valence-corrected chi connectivity index (χ0v) is 20.4. The minimum absolute atomic E-state index is 0.0142. The SMILES string of the molecule is CCCN(CCC)C(=O)c1ccnc(CC2C(=O)C(c3ccccc3)(c3ccccc3)N=C2N)c1. The van der Waals surface area contributed by atoms with E-state index < -0.39 is 11.5 Å². The molecule has 0 spiro atoms. The summed E-state index contributed by atoms with van der Waals surface area (Å²) in [6, 6.07) is 22.6. The molecule has 0 fully saturated rings. The van der Waals surface area contributed by atoms with Crippen LogP contribution in [0, 0.1) is 5.92 Å². The van der Waals surface area contributed by atoms with Crippen molar-refractivity contribution < 1.29 is 9.59 Å². The Morgan fingerprint density at radius 2 is 1.51 bits per heavy atom. The van der Waals surface area contributed by atoms with Gasteiger partial charge in [0.25, 0.3) is 5.91 Å². The predicted octanol–water partition coefficient (Wildman–Crippen LogP) is 4.39. The molecule has 1 atom stereocenters. The van der Waals surface area contributed by atoms with Crippen molar-refractivity contribution in [3.63, 3.8) is 0 Å². The van der Waals surface area contributed by atoms with E-state index in [1.165, 1.54) is 0 Å². The molecule has 1 aromatic heterocycles. The van der Waals surface area contributed by atoms with Gasteiger partial charge < -0.3 is 10.6 Å². The van der Waals surface area contributed by atoms with Crippen molar-refractivity contribution in [3.05, 3.63) is 101 Å². The molecule has 2 aromatic carbocycles. The molecule has 4 rings (SSSR count). The van der Waals surface area contributed by atoms with Gasteiger partial charge >= 0.3 is 0 Å². The van der Waals surface area contributed by atoms with Crippen LogP contribution in [0.4, 0.5) is 0 Å². The number of amidine groups is 1. The van der Waals surface area contributed by atoms with Gasteiger partial charge in [-0.2, -0.15) is 0 Å². The molecule has 180 valence electrons. The summed E-state index contributed by atoms with van der Waals surface area (Å²) in [4.78, 5) is 38.3. The van der Waals surface area contributed by atoms with Crippen LogP contribution in [0.3, 0.4) is 0 Å². The third-order valence-corrected chi connectivity index (χ3v) is 6.46. The molecule has 1 aliphatic rings. The van der Waals surface area contributed by atoms with E-state index >= 15 is 0 Å². The molecule has 1 unspecified atom stereocenters. The lowest BCUT2D eigenvalue weighted by atomic mass is 9.77. The lowest BCUT2D eigenvalue weighted by Gasteiger charge is -2.27. The topological polar surface area (TPSA) is 88.7 Å². The van der Waals surface area contributed by atoms with Crippen molar-refractivity contribution in [2.24, 2.45) is 16.6 Å². The number of nitrogens with zero attached hydrogens (tertiary/aromatic N) is 3. The van der Waals surface area contributed by atoms with Gasteiger partial charge in [-0.25, -0.2) is 4.99 Å². The number of carbonyl (C=O) groups excluding carboxylic acids is 2. The van der Waals surface area contributed by atoms with Crippen LogP contribution in [0.2, 0.25) is 0 Å². The number of aliphatic imine (C=N–C) groups is 1. The Hall–Kier alpha value is -3.80. The first-order valence-corrected chi connectivity index (χ1v) is 12.3. The van der Waals surface area contributed by atoms with Crippen molar-refractivity contribution in [2.45, 2.75) is 38.6 Å². The third-order valence-electron chi connectivity index (χ3n) is 6.46. The van der Waals surface area contributed by atoms with Gasteiger partial charge in [-0.05, 0) is 36.1 Å². The molecule has 2 heterocycles. The molecule has 2 N–H and O–H groups in total. The summed E-state index contributed by atoms with van der Waals surface area (Å²) in [5.41, 5.74) is 8.03. The van der Waals surface area contributed by atoms with Crippen molar-refractivity contribution >= 4 is 17.5 Å². The van der Waals surface area contributed by atoms with Gasteiger partial charge in [-0.1, -0.05) is 74.5 Å². The van der Waals surface area contributed by atoms with Gasteiger partial charge in [0.1, 0.15) is 5.84 Å². The Morgan fingerprint density at radius 1 is 0.943 bits per heavy atom. The number of nitrogens with two attached hydrogens (primary N) is 1. The van der Waals surface area contributed by atoms with E-state index in [4.69, 9.17) is 10.7 Å². The Morgan fingerprint density at radius 3 is 2.06 bits per heavy atom. The van der Waals surface area contributed by atoms with E-state index in [1.54, 1.807) is 18.3 Å². The summed E-state index contributed by atoms with van der Waals surface area (Å²) < 4.78 is 0. The smallest absolute Gasteiger partial charge is 0.253 e. The van der Waals surface area contributed by atoms with Crippen LogP contribution in [0.1, 0.15) is 53.9 Å². The maximum atomic E-state index is 14.0. The summed E-state index contributed by atoms with van der Waals surface area (Å²) in [5, 5.41) is 0. The molecule has 0 aliphatic carbocycles. The average molecular weight is 469 g/mol. The maximum Gasteiger partial charge on any atom is 0.253 e. The maximum absolute atomic E-state index is 14.0. The highest BCUT2D eigenvalue weighted by molar-refractivity contribution is 6.15. The fraction of sp³-hybridized carbons (Fsp3) is 0.310. The number of rotatable bonds is 9. The third kappa shape index (κ3) is 4.74. The second kappa shape index (κ2) is 10.6. The molecule has 1 amide bonds. The van der Waals surface area contributed by atoms with Gasteiger partial charge in [0.05, 0.1) is 5.92 Å². The number of carbonyl (C=O) groups is 2. The standard InChI is InChI=1S/C29H32N4O2/c1-3-17-33(18-4-2)28(35)21-15-16-31-24(19-21)20-25-26(34)29(32-27(25)30,22-11-7-5-8-12-22)23-13-9-6-10-14-23/h5-16,19,25H,3-4,17-18,20H2,1-2H3,(H2,30,32). The minimum Gasteiger partial charge on any atom is -0.387 e. The molecule has 6 nitrogen and oxygen atoms in total. The molecular weight excluding hydrogens is 436 g/mol. The number of pyridine rings is 1. The van der Waals surface area contributed by atoms with Gasteiger partial charge in [-0.15, -0.1) is 0 Å². The van der Waals surface area contributed by atoms with Crippen molar-refractivity contribution in [3.8, 4) is 0 Å². The van der Waals surface area contributed by atoms with Crippen LogP contribution in [0.5, 0.6) is 0 Å². The predicted molar refractivity (Wildman–Crippen MR) is 138 cm³/mol. The fourth-order valence-corrected chi connectivity index (χ4v) is 4.82. The van der Waals surface area contributed by atoms with E-state index in [9.17, 15) is 9.59 Å². The molecular formula is C29H32N4O2. The van der Waals surface area contributed by atoms with Crippen LogP contribution in [-0.4, -0.2) is 40.5 Å². The summed E-state index contributed by atoms with van der Waals surface area (Å²) in [6.07, 6.45) is 3.72. The zero-order chi connectivity index (χ0) is 24.8. The number of hydrogen-bond donors (Lipinski definition) is 1. The van der Waals surface area contributed by atoms with E-state index in [-0.39, 0.29) is 18.1 Å². The van der Waals surface area contributed by atoms with E-state index in [0.29, 0.717) is 30.2 Å². The van der Waals surface area contributed by atoms with Gasteiger partial charge in [0.15, 0.2) is 11.3 Å². The van der Waals surface area contributed by atoms with E-state index in [2.05, 4.69) is 18.8 Å². The Kier molecular flexibility index (Phi) is 7.39. The lowest BCUT2D eigenvalue weighted by Crippen LogP contribution is -2.37. The first kappa shape index (κ1) is 24.3. The minimum atomic E-state index is -1.19. The fourth-order valence-electron chi connectivity index (χ4n) is 4.82. The molecule has 1 aliphatic heterocycles. The highest BCUT2D eigenvalue weighted by Gasteiger charge is 2.51. The highest BCUT2D eigenvalue weighted by Crippen LogP contribution is 2.42. The lowest BCUT2D eigenvalue weighted by molar-refractivity contribution is -0.123. The van der Waals surface area contributed by atoms with Crippen molar-refractivity contribution in [1.82, 2.24) is 9.88 Å². The number of ketones is 1. The molecule has 0 radical (unpaired) electrons. The largest absolute Gasteiger partial charge is 0.387 e. The molecule has 6 heteroatoms. The molecule has 0 saturated carbocycles. The summed E-state index contributed by atoms with van der Waals surface area (Å²) in [6.45, 7) is 5.55. The molecule has 0 bridgehead atoms. The summed E-state index contributed by atoms with van der Waals surface area (Å²) in [5.74, 6) is -0.431. The number of hydrogen-bond acceptors (Lipinski definition) is 5. The van der Waals surface area contributed by atoms with E-state index in [1.807, 2.05) is 65.6 Å². The second-order valence-electron chi connectivity index (χ2n) is 8.93. The normalized spacial score (nSPS) is 16.7. The van der Waals surface area contributed by atoms with Gasteiger partial charge in [0, 0.05) is 37.0 Å². The Balaban J connectivity index is 1.66. The zero-order valence-electron chi connectivity index (χ0n) is 20.4. The van der Waals surface area contributed by atoms with Crippen LogP contribution in [-0.2, 0) is 16.8 Å². The number of Topliss-reactive ketones (excluding diaryl/α,β-unsaturated/α-hetero) is 1. The monoisotopic (exact) mass is 468 g/mol. The first-order chi connectivity index (χ1) is 17.0. The van der Waals surface area contributed by atoms with Crippen LogP contribution in [0.15, 0.2) is 84.0 Å². The highest BCUT2D eigenvalue weighted by atomic mass is 16.2. The second-order valence-corrected chi connectivity index (χ2v) is 8.93. The molecule has 35 heavy (non-hydrogen) atoms. The Labute approximate surface area is 206 Å². The number of amides is 1. The van der Waals surface area contributed by atoms with Gasteiger partial charge in [0.2, 0.25) is 0 Å². The van der Waals surface area contributed by atoms with Gasteiger partial charge in [-0.3, -0.25) is 14.6 Å².